The molecule has 0 bridgehead atoms. The Balaban J connectivity index is 2.00. The summed E-state index contributed by atoms with van der Waals surface area (Å²) in [6, 6.07) is 7.67. The highest BCUT2D eigenvalue weighted by Gasteiger charge is 2.33. The van der Waals surface area contributed by atoms with Crippen LogP contribution in [-0.2, 0) is 14.3 Å². The first-order valence-electron chi connectivity index (χ1n) is 7.57. The summed E-state index contributed by atoms with van der Waals surface area (Å²) in [5.74, 6) is 0.990. The molecule has 1 aliphatic rings. The van der Waals surface area contributed by atoms with E-state index < -0.39 is 5.60 Å². The number of esters is 1. The molecule has 1 heterocycles. The fourth-order valence-electron chi connectivity index (χ4n) is 2.34. The highest BCUT2D eigenvalue weighted by Crippen LogP contribution is 2.39. The zero-order valence-electron chi connectivity index (χ0n) is 14.0. The fraction of sp³-hybridized carbons (Fsp3) is 0.529. The second-order valence-corrected chi connectivity index (χ2v) is 7.43. The number of carbonyl (C=O) groups is 2. The average Bonchev–Trinajstić information content (AvgIpc) is 2.84. The van der Waals surface area contributed by atoms with E-state index in [2.05, 4.69) is 0 Å². The Morgan fingerprint density at radius 3 is 2.52 bits per heavy atom. The molecular formula is C17H23NO4S. The quantitative estimate of drug-likeness (QED) is 0.773. The van der Waals surface area contributed by atoms with Gasteiger partial charge in [0.15, 0.2) is 0 Å². The van der Waals surface area contributed by atoms with E-state index in [0.717, 1.165) is 11.3 Å². The molecule has 1 saturated heterocycles. The van der Waals surface area contributed by atoms with Crippen molar-refractivity contribution in [2.24, 2.45) is 0 Å². The Hall–Kier alpha value is -1.69. The van der Waals surface area contributed by atoms with Crippen LogP contribution in [0.3, 0.4) is 0 Å². The second kappa shape index (κ2) is 7.25. The van der Waals surface area contributed by atoms with Gasteiger partial charge in [-0.2, -0.15) is 0 Å². The van der Waals surface area contributed by atoms with Gasteiger partial charge in [0, 0.05) is 6.54 Å². The molecule has 126 valence electrons. The zero-order valence-corrected chi connectivity index (χ0v) is 14.8. The third-order valence-electron chi connectivity index (χ3n) is 3.35. The second-order valence-electron chi connectivity index (χ2n) is 6.36. The number of methoxy groups -OCH3 is 1. The summed E-state index contributed by atoms with van der Waals surface area (Å²) in [6.45, 7) is 5.88. The Kier molecular flexibility index (Phi) is 5.57. The van der Waals surface area contributed by atoms with Crippen LogP contribution in [0.5, 0.6) is 5.75 Å². The molecule has 1 aromatic carbocycles. The number of thioether (sulfide) groups is 1. The number of benzene rings is 1. The van der Waals surface area contributed by atoms with Crippen LogP contribution in [0.1, 0.15) is 38.1 Å². The van der Waals surface area contributed by atoms with Crippen molar-refractivity contribution >= 4 is 23.6 Å². The predicted octanol–water partition coefficient (Wildman–Crippen LogP) is 3.00. The van der Waals surface area contributed by atoms with Gasteiger partial charge in [0.25, 0.3) is 0 Å². The smallest absolute Gasteiger partial charge is 0.308 e. The lowest BCUT2D eigenvalue weighted by Gasteiger charge is -2.25. The van der Waals surface area contributed by atoms with Crippen molar-refractivity contribution in [1.29, 1.82) is 0 Å². The minimum absolute atomic E-state index is 0.0550. The largest absolute Gasteiger partial charge is 0.497 e. The number of nitrogens with zero attached hydrogens (tertiary/aromatic N) is 1. The van der Waals surface area contributed by atoms with E-state index in [1.807, 2.05) is 45.0 Å². The summed E-state index contributed by atoms with van der Waals surface area (Å²) in [5.41, 5.74) is 0.529. The van der Waals surface area contributed by atoms with Gasteiger partial charge in [0.05, 0.1) is 19.3 Å². The van der Waals surface area contributed by atoms with E-state index in [9.17, 15) is 9.59 Å². The standard InChI is InChI=1S/C17H23NO4S/c1-17(2,3)22-15(20)9-10-18-14(19)11-23-16(18)12-5-7-13(21-4)8-6-12/h5-8,16H,9-11H2,1-4H3. The molecule has 0 spiro atoms. The molecule has 2 rings (SSSR count). The molecule has 0 aliphatic carbocycles. The van der Waals surface area contributed by atoms with Crippen molar-refractivity contribution < 1.29 is 19.1 Å². The van der Waals surface area contributed by atoms with Gasteiger partial charge >= 0.3 is 5.97 Å². The van der Waals surface area contributed by atoms with Crippen LogP contribution >= 0.6 is 11.8 Å². The Morgan fingerprint density at radius 1 is 1.30 bits per heavy atom. The normalized spacial score (nSPS) is 18.2. The first kappa shape index (κ1) is 17.7. The van der Waals surface area contributed by atoms with Gasteiger partial charge in [0.2, 0.25) is 5.91 Å². The molecule has 5 nitrogen and oxygen atoms in total. The average molecular weight is 337 g/mol. The van der Waals surface area contributed by atoms with Crippen molar-refractivity contribution in [2.75, 3.05) is 19.4 Å². The summed E-state index contributed by atoms with van der Waals surface area (Å²) < 4.78 is 10.5. The highest BCUT2D eigenvalue weighted by molar-refractivity contribution is 8.00. The summed E-state index contributed by atoms with van der Waals surface area (Å²) in [5, 5.41) is -0.0594. The van der Waals surface area contributed by atoms with Gasteiger partial charge in [-0.1, -0.05) is 12.1 Å². The number of rotatable bonds is 5. The molecule has 0 saturated carbocycles. The molecule has 0 aromatic heterocycles. The molecular weight excluding hydrogens is 314 g/mol. The highest BCUT2D eigenvalue weighted by atomic mass is 32.2. The Morgan fingerprint density at radius 2 is 1.96 bits per heavy atom. The maximum Gasteiger partial charge on any atom is 0.308 e. The van der Waals surface area contributed by atoms with Gasteiger partial charge in [0.1, 0.15) is 16.7 Å². The van der Waals surface area contributed by atoms with Crippen molar-refractivity contribution in [2.45, 2.75) is 38.2 Å². The first-order chi connectivity index (χ1) is 10.8. The van der Waals surface area contributed by atoms with Crippen LogP contribution in [-0.4, -0.2) is 41.8 Å². The van der Waals surface area contributed by atoms with Crippen molar-refractivity contribution in [3.63, 3.8) is 0 Å². The summed E-state index contributed by atoms with van der Waals surface area (Å²) in [6.07, 6.45) is 0.205. The molecule has 0 N–H and O–H groups in total. The first-order valence-corrected chi connectivity index (χ1v) is 8.62. The number of amides is 1. The molecule has 23 heavy (non-hydrogen) atoms. The molecule has 1 fully saturated rings. The Bertz CT molecular complexity index is 565. The molecule has 0 radical (unpaired) electrons. The van der Waals surface area contributed by atoms with Crippen molar-refractivity contribution in [3.8, 4) is 5.75 Å². The summed E-state index contributed by atoms with van der Waals surface area (Å²) in [4.78, 5) is 25.7. The van der Waals surface area contributed by atoms with E-state index in [0.29, 0.717) is 12.3 Å². The molecule has 1 unspecified atom stereocenters. The van der Waals surface area contributed by atoms with E-state index in [1.54, 1.807) is 23.8 Å². The SMILES string of the molecule is COc1ccc(C2SCC(=O)N2CCC(=O)OC(C)(C)C)cc1. The van der Waals surface area contributed by atoms with Crippen LogP contribution in [0.15, 0.2) is 24.3 Å². The summed E-state index contributed by atoms with van der Waals surface area (Å²) >= 11 is 1.57. The fourth-order valence-corrected chi connectivity index (χ4v) is 3.56. The van der Waals surface area contributed by atoms with Gasteiger partial charge in [-0.3, -0.25) is 9.59 Å². The van der Waals surface area contributed by atoms with Crippen LogP contribution in [0.2, 0.25) is 0 Å². The lowest BCUT2D eigenvalue weighted by Crippen LogP contribution is -2.32. The van der Waals surface area contributed by atoms with Gasteiger partial charge < -0.3 is 14.4 Å². The predicted molar refractivity (Wildman–Crippen MR) is 90.4 cm³/mol. The van der Waals surface area contributed by atoms with Crippen LogP contribution in [0.4, 0.5) is 0 Å². The monoisotopic (exact) mass is 337 g/mol. The lowest BCUT2D eigenvalue weighted by molar-refractivity contribution is -0.155. The molecule has 1 aromatic rings. The molecule has 6 heteroatoms. The maximum absolute atomic E-state index is 12.1. The lowest BCUT2D eigenvalue weighted by atomic mass is 10.2. The van der Waals surface area contributed by atoms with Crippen LogP contribution < -0.4 is 4.74 Å². The van der Waals surface area contributed by atoms with Crippen molar-refractivity contribution in [3.05, 3.63) is 29.8 Å². The van der Waals surface area contributed by atoms with E-state index in [1.165, 1.54) is 0 Å². The molecule has 1 amide bonds. The zero-order chi connectivity index (χ0) is 17.0. The summed E-state index contributed by atoms with van der Waals surface area (Å²) in [7, 11) is 1.62. The minimum Gasteiger partial charge on any atom is -0.497 e. The van der Waals surface area contributed by atoms with Gasteiger partial charge in [-0.15, -0.1) is 11.8 Å². The molecule has 1 atom stereocenters. The minimum atomic E-state index is -0.504. The van der Waals surface area contributed by atoms with E-state index >= 15 is 0 Å². The van der Waals surface area contributed by atoms with Crippen LogP contribution in [0.25, 0.3) is 0 Å². The third kappa shape index (κ3) is 4.89. The third-order valence-corrected chi connectivity index (χ3v) is 4.60. The number of hydrogen-bond acceptors (Lipinski definition) is 5. The topological polar surface area (TPSA) is 55.8 Å². The van der Waals surface area contributed by atoms with Crippen LogP contribution in [0, 0.1) is 0 Å². The van der Waals surface area contributed by atoms with E-state index in [-0.39, 0.29) is 23.7 Å². The number of ether oxygens (including phenoxy) is 2. The molecule has 1 aliphatic heterocycles. The van der Waals surface area contributed by atoms with Gasteiger partial charge in [-0.05, 0) is 38.5 Å². The van der Waals surface area contributed by atoms with Gasteiger partial charge in [-0.25, -0.2) is 0 Å². The Labute approximate surface area is 141 Å². The van der Waals surface area contributed by atoms with Crippen molar-refractivity contribution in [1.82, 2.24) is 4.90 Å². The number of carbonyl (C=O) groups excluding carboxylic acids is 2. The maximum atomic E-state index is 12.1. The van der Waals surface area contributed by atoms with E-state index in [4.69, 9.17) is 9.47 Å². The number of hydrogen-bond donors (Lipinski definition) is 0.